The number of amides is 2. The van der Waals surface area contributed by atoms with Crippen molar-refractivity contribution in [2.45, 2.75) is 71.1 Å². The first-order chi connectivity index (χ1) is 10.2. The van der Waals surface area contributed by atoms with E-state index in [0.29, 0.717) is 19.0 Å². The molecule has 0 aromatic rings. The summed E-state index contributed by atoms with van der Waals surface area (Å²) in [5, 5.41) is 2.90. The molecular formula is C16H28N2O4. The quantitative estimate of drug-likeness (QED) is 0.870. The van der Waals surface area contributed by atoms with Gasteiger partial charge in [-0.15, -0.1) is 0 Å². The van der Waals surface area contributed by atoms with Gasteiger partial charge < -0.3 is 19.7 Å². The number of piperidine rings is 1. The summed E-state index contributed by atoms with van der Waals surface area (Å²) >= 11 is 0. The highest BCUT2D eigenvalue weighted by atomic mass is 16.6. The van der Waals surface area contributed by atoms with Gasteiger partial charge in [0.15, 0.2) is 0 Å². The number of carbonyl (C=O) groups is 2. The zero-order valence-corrected chi connectivity index (χ0v) is 14.1. The largest absolute Gasteiger partial charge is 0.446 e. The van der Waals surface area contributed by atoms with E-state index < -0.39 is 5.60 Å². The predicted octanol–water partition coefficient (Wildman–Crippen LogP) is 2.91. The Hall–Kier alpha value is -1.46. The number of hydrogen-bond acceptors (Lipinski definition) is 4. The van der Waals surface area contributed by atoms with Crippen LogP contribution in [0, 0.1) is 5.92 Å². The van der Waals surface area contributed by atoms with E-state index in [1.807, 2.05) is 27.7 Å². The van der Waals surface area contributed by atoms with Crippen LogP contribution < -0.4 is 5.32 Å². The highest BCUT2D eigenvalue weighted by molar-refractivity contribution is 5.69. The molecule has 1 saturated carbocycles. The molecule has 1 aliphatic heterocycles. The fraction of sp³-hybridized carbons (Fsp3) is 0.875. The molecule has 0 unspecified atom stereocenters. The predicted molar refractivity (Wildman–Crippen MR) is 82.6 cm³/mol. The van der Waals surface area contributed by atoms with Crippen molar-refractivity contribution in [1.29, 1.82) is 0 Å². The molecule has 1 atom stereocenters. The number of likely N-dealkylation sites (tertiary alicyclic amines) is 1. The van der Waals surface area contributed by atoms with E-state index in [1.165, 1.54) is 0 Å². The molecule has 22 heavy (non-hydrogen) atoms. The Kier molecular flexibility index (Phi) is 5.19. The van der Waals surface area contributed by atoms with Gasteiger partial charge in [-0.1, -0.05) is 0 Å². The van der Waals surface area contributed by atoms with Gasteiger partial charge >= 0.3 is 12.2 Å². The van der Waals surface area contributed by atoms with Crippen LogP contribution in [-0.4, -0.2) is 47.9 Å². The number of carbonyl (C=O) groups excluding carboxylic acids is 2. The Balaban J connectivity index is 1.68. The fourth-order valence-corrected chi connectivity index (χ4v) is 2.56. The maximum Gasteiger partial charge on any atom is 0.410 e. The van der Waals surface area contributed by atoms with E-state index >= 15 is 0 Å². The minimum atomic E-state index is -0.477. The molecule has 1 saturated heterocycles. The Bertz CT molecular complexity index is 407. The van der Waals surface area contributed by atoms with Crippen LogP contribution in [0.1, 0.15) is 53.4 Å². The molecule has 2 fully saturated rings. The van der Waals surface area contributed by atoms with Gasteiger partial charge in [0, 0.05) is 19.1 Å². The molecule has 0 aromatic heterocycles. The number of hydrogen-bond donors (Lipinski definition) is 1. The fourth-order valence-electron chi connectivity index (χ4n) is 2.56. The maximum atomic E-state index is 12.0. The van der Waals surface area contributed by atoms with Gasteiger partial charge in [0.25, 0.3) is 0 Å². The third-order valence-corrected chi connectivity index (χ3v) is 4.05. The van der Waals surface area contributed by atoms with Crippen molar-refractivity contribution < 1.29 is 19.1 Å². The molecule has 126 valence electrons. The van der Waals surface area contributed by atoms with Crippen LogP contribution >= 0.6 is 0 Å². The summed E-state index contributed by atoms with van der Waals surface area (Å²) in [6, 6.07) is 0.0672. The van der Waals surface area contributed by atoms with Crippen LogP contribution in [-0.2, 0) is 9.47 Å². The van der Waals surface area contributed by atoms with Crippen molar-refractivity contribution in [2.75, 3.05) is 13.1 Å². The van der Waals surface area contributed by atoms with E-state index in [9.17, 15) is 9.59 Å². The summed E-state index contributed by atoms with van der Waals surface area (Å²) < 4.78 is 10.7. The average molecular weight is 312 g/mol. The second kappa shape index (κ2) is 6.75. The Morgan fingerprint density at radius 3 is 2.23 bits per heavy atom. The van der Waals surface area contributed by atoms with Gasteiger partial charge in [-0.25, -0.2) is 9.59 Å². The van der Waals surface area contributed by atoms with Gasteiger partial charge in [0.1, 0.15) is 11.7 Å². The number of rotatable bonds is 3. The summed E-state index contributed by atoms with van der Waals surface area (Å²) in [6.45, 7) is 8.71. The van der Waals surface area contributed by atoms with Gasteiger partial charge in [0.2, 0.25) is 0 Å². The highest BCUT2D eigenvalue weighted by Gasteiger charge is 2.32. The molecule has 0 aromatic carbocycles. The summed E-state index contributed by atoms with van der Waals surface area (Å²) in [5.74, 6) is 0.541. The van der Waals surface area contributed by atoms with E-state index in [-0.39, 0.29) is 24.3 Å². The lowest BCUT2D eigenvalue weighted by Crippen LogP contribution is -2.48. The van der Waals surface area contributed by atoms with Crippen LogP contribution in [0.15, 0.2) is 0 Å². The second-order valence-electron chi connectivity index (χ2n) is 7.33. The molecule has 0 spiro atoms. The second-order valence-corrected chi connectivity index (χ2v) is 7.33. The number of ether oxygens (including phenoxy) is 2. The van der Waals surface area contributed by atoms with E-state index in [4.69, 9.17) is 9.47 Å². The topological polar surface area (TPSA) is 67.9 Å². The number of alkyl carbamates (subject to hydrolysis) is 1. The molecule has 1 heterocycles. The van der Waals surface area contributed by atoms with Gasteiger partial charge in [-0.2, -0.15) is 0 Å². The molecule has 6 nitrogen and oxygen atoms in total. The lowest BCUT2D eigenvalue weighted by Gasteiger charge is -2.33. The van der Waals surface area contributed by atoms with Crippen molar-refractivity contribution in [1.82, 2.24) is 10.2 Å². The molecule has 2 amide bonds. The zero-order valence-electron chi connectivity index (χ0n) is 14.1. The molecular weight excluding hydrogens is 284 g/mol. The zero-order chi connectivity index (χ0) is 16.3. The van der Waals surface area contributed by atoms with Crippen LogP contribution in [0.5, 0.6) is 0 Å². The molecule has 2 aliphatic rings. The molecule has 0 radical (unpaired) electrons. The standard InChI is InChI=1S/C16H28N2O4/c1-11(12-5-6-12)21-14(19)17-13-7-9-18(10-8-13)15(20)22-16(2,3)4/h11-13H,5-10H2,1-4H3,(H,17,19)/t11-/m1/s1. The lowest BCUT2D eigenvalue weighted by atomic mass is 10.1. The maximum absolute atomic E-state index is 12.0. The first kappa shape index (κ1) is 16.9. The normalized spacial score (nSPS) is 21.2. The minimum Gasteiger partial charge on any atom is -0.446 e. The van der Waals surface area contributed by atoms with Crippen molar-refractivity contribution in [3.63, 3.8) is 0 Å². The van der Waals surface area contributed by atoms with Crippen molar-refractivity contribution in [2.24, 2.45) is 5.92 Å². The number of nitrogens with one attached hydrogen (secondary N) is 1. The van der Waals surface area contributed by atoms with Gasteiger partial charge in [-0.3, -0.25) is 0 Å². The first-order valence-electron chi connectivity index (χ1n) is 8.19. The summed E-state index contributed by atoms with van der Waals surface area (Å²) in [6.07, 6.45) is 3.15. The summed E-state index contributed by atoms with van der Waals surface area (Å²) in [7, 11) is 0. The summed E-state index contributed by atoms with van der Waals surface area (Å²) in [4.78, 5) is 25.5. The SMILES string of the molecule is C[C@@H](OC(=O)NC1CCN(C(=O)OC(C)(C)C)CC1)C1CC1. The van der Waals surface area contributed by atoms with Crippen molar-refractivity contribution >= 4 is 12.2 Å². The first-order valence-corrected chi connectivity index (χ1v) is 8.19. The van der Waals surface area contributed by atoms with Crippen LogP contribution in [0.25, 0.3) is 0 Å². The smallest absolute Gasteiger partial charge is 0.410 e. The molecule has 6 heteroatoms. The molecule has 0 bridgehead atoms. The van der Waals surface area contributed by atoms with Gasteiger partial charge in [-0.05, 0) is 59.3 Å². The van der Waals surface area contributed by atoms with E-state index in [0.717, 1.165) is 25.7 Å². The Morgan fingerprint density at radius 2 is 1.73 bits per heavy atom. The molecule has 1 N–H and O–H groups in total. The van der Waals surface area contributed by atoms with Crippen molar-refractivity contribution in [3.8, 4) is 0 Å². The Morgan fingerprint density at radius 1 is 1.14 bits per heavy atom. The van der Waals surface area contributed by atoms with E-state index in [1.54, 1.807) is 4.90 Å². The molecule has 1 aliphatic carbocycles. The monoisotopic (exact) mass is 312 g/mol. The average Bonchev–Trinajstić information content (AvgIpc) is 3.21. The van der Waals surface area contributed by atoms with Gasteiger partial charge in [0.05, 0.1) is 0 Å². The van der Waals surface area contributed by atoms with Crippen molar-refractivity contribution in [3.05, 3.63) is 0 Å². The van der Waals surface area contributed by atoms with Crippen LogP contribution in [0.3, 0.4) is 0 Å². The summed E-state index contributed by atoms with van der Waals surface area (Å²) in [5.41, 5.74) is -0.477. The van der Waals surface area contributed by atoms with Crippen LogP contribution in [0.4, 0.5) is 9.59 Å². The lowest BCUT2D eigenvalue weighted by molar-refractivity contribution is 0.0196. The third-order valence-electron chi connectivity index (χ3n) is 4.05. The number of nitrogens with zero attached hydrogens (tertiary/aromatic N) is 1. The molecule has 2 rings (SSSR count). The minimum absolute atomic E-state index is 0.00172. The van der Waals surface area contributed by atoms with Crippen LogP contribution in [0.2, 0.25) is 0 Å². The van der Waals surface area contributed by atoms with E-state index in [2.05, 4.69) is 5.32 Å². The highest BCUT2D eigenvalue weighted by Crippen LogP contribution is 2.34. The third kappa shape index (κ3) is 5.39. The Labute approximate surface area is 132 Å².